The zero-order valence-electron chi connectivity index (χ0n) is 10.8. The van der Waals surface area contributed by atoms with E-state index in [9.17, 15) is 4.79 Å². The molecule has 5 nitrogen and oxygen atoms in total. The highest BCUT2D eigenvalue weighted by molar-refractivity contribution is 7.98. The molecule has 1 unspecified atom stereocenters. The fraction of sp³-hybridized carbons (Fsp3) is 0.308. The van der Waals surface area contributed by atoms with E-state index in [0.717, 1.165) is 27.9 Å². The number of aromatic amines is 1. The van der Waals surface area contributed by atoms with Crippen LogP contribution in [0.4, 0.5) is 0 Å². The van der Waals surface area contributed by atoms with Crippen LogP contribution in [0, 0.1) is 6.92 Å². The van der Waals surface area contributed by atoms with Crippen molar-refractivity contribution in [2.24, 2.45) is 0 Å². The molecule has 0 aliphatic heterocycles. The summed E-state index contributed by atoms with van der Waals surface area (Å²) in [6, 6.07) is 7.61. The topological polar surface area (TPSA) is 78.9 Å². The van der Waals surface area contributed by atoms with Crippen LogP contribution in [0.2, 0.25) is 0 Å². The Labute approximate surface area is 115 Å². The first-order valence-corrected chi connectivity index (χ1v) is 6.88. The highest BCUT2D eigenvalue weighted by atomic mass is 32.2. The molecule has 1 aromatic carbocycles. The summed E-state index contributed by atoms with van der Waals surface area (Å²) in [5.74, 6) is 0.280. The van der Waals surface area contributed by atoms with E-state index in [0.29, 0.717) is 0 Å². The van der Waals surface area contributed by atoms with Crippen LogP contribution in [0.5, 0.6) is 0 Å². The number of benzene rings is 1. The summed E-state index contributed by atoms with van der Waals surface area (Å²) in [5.41, 5.74) is 1.93. The van der Waals surface area contributed by atoms with Gasteiger partial charge in [0.15, 0.2) is 0 Å². The lowest BCUT2D eigenvalue weighted by atomic mass is 10.0. The van der Waals surface area contributed by atoms with Gasteiger partial charge in [0.1, 0.15) is 5.82 Å². The summed E-state index contributed by atoms with van der Waals surface area (Å²) in [6.45, 7) is 3.54. The van der Waals surface area contributed by atoms with E-state index in [1.807, 2.05) is 31.2 Å². The minimum Gasteiger partial charge on any atom is -0.481 e. The van der Waals surface area contributed by atoms with E-state index in [-0.39, 0.29) is 0 Å². The molecule has 2 aromatic rings. The van der Waals surface area contributed by atoms with Crippen LogP contribution in [0.1, 0.15) is 29.8 Å². The highest BCUT2D eigenvalue weighted by Crippen LogP contribution is 2.21. The third kappa shape index (κ3) is 3.57. The normalized spacial score (nSPS) is 12.3. The maximum Gasteiger partial charge on any atom is 0.310 e. The Bertz CT molecular complexity index is 566. The van der Waals surface area contributed by atoms with Crippen molar-refractivity contribution in [1.29, 1.82) is 0 Å². The summed E-state index contributed by atoms with van der Waals surface area (Å²) in [7, 11) is 0. The molecule has 2 rings (SSSR count). The number of hydrogen-bond donors (Lipinski definition) is 2. The molecule has 19 heavy (non-hydrogen) atoms. The van der Waals surface area contributed by atoms with Crippen LogP contribution in [0.15, 0.2) is 29.4 Å². The Morgan fingerprint density at radius 2 is 2.11 bits per heavy atom. The lowest BCUT2D eigenvalue weighted by Crippen LogP contribution is -2.07. The van der Waals surface area contributed by atoms with Crippen molar-refractivity contribution in [3.63, 3.8) is 0 Å². The SMILES string of the molecule is Cc1nc(SCc2ccc(C(C)C(=O)O)cc2)n[nH]1. The second-order valence-electron chi connectivity index (χ2n) is 4.29. The van der Waals surface area contributed by atoms with Crippen LogP contribution in [0.3, 0.4) is 0 Å². The lowest BCUT2D eigenvalue weighted by molar-refractivity contribution is -0.138. The largest absolute Gasteiger partial charge is 0.481 e. The molecule has 0 spiro atoms. The van der Waals surface area contributed by atoms with E-state index >= 15 is 0 Å². The Kier molecular flexibility index (Phi) is 4.21. The molecule has 1 aromatic heterocycles. The Hall–Kier alpha value is -1.82. The fourth-order valence-electron chi connectivity index (χ4n) is 1.58. The lowest BCUT2D eigenvalue weighted by Gasteiger charge is -2.07. The standard InChI is InChI=1S/C13H15N3O2S/c1-8(12(17)18)11-5-3-10(4-6-11)7-19-13-14-9(2)15-16-13/h3-6,8H,7H2,1-2H3,(H,17,18)(H,14,15,16). The maximum atomic E-state index is 10.9. The maximum absolute atomic E-state index is 10.9. The number of carbonyl (C=O) groups is 1. The van der Waals surface area contributed by atoms with Gasteiger partial charge in [-0.2, -0.15) is 0 Å². The van der Waals surface area contributed by atoms with E-state index in [1.165, 1.54) is 0 Å². The molecule has 0 saturated heterocycles. The number of H-pyrrole nitrogens is 1. The first-order valence-electron chi connectivity index (χ1n) is 5.89. The summed E-state index contributed by atoms with van der Waals surface area (Å²) >= 11 is 1.55. The van der Waals surface area contributed by atoms with Gasteiger partial charge in [-0.05, 0) is 25.0 Å². The average molecular weight is 277 g/mol. The van der Waals surface area contributed by atoms with Gasteiger partial charge in [0.2, 0.25) is 5.16 Å². The first kappa shape index (κ1) is 13.6. The number of rotatable bonds is 5. The van der Waals surface area contributed by atoms with Gasteiger partial charge < -0.3 is 5.11 Å². The zero-order valence-corrected chi connectivity index (χ0v) is 11.6. The van der Waals surface area contributed by atoms with Crippen molar-refractivity contribution in [3.05, 3.63) is 41.2 Å². The van der Waals surface area contributed by atoms with Gasteiger partial charge in [-0.1, -0.05) is 36.0 Å². The Balaban J connectivity index is 1.97. The number of aliphatic carboxylic acids is 1. The molecule has 0 amide bonds. The molecule has 0 bridgehead atoms. The van der Waals surface area contributed by atoms with E-state index in [1.54, 1.807) is 18.7 Å². The van der Waals surface area contributed by atoms with Crippen LogP contribution in [-0.2, 0) is 10.5 Å². The van der Waals surface area contributed by atoms with Crippen molar-refractivity contribution in [2.45, 2.75) is 30.7 Å². The molecule has 2 N–H and O–H groups in total. The summed E-state index contributed by atoms with van der Waals surface area (Å²) in [5, 5.41) is 16.5. The van der Waals surface area contributed by atoms with Crippen LogP contribution >= 0.6 is 11.8 Å². The molecular formula is C13H15N3O2S. The molecule has 100 valence electrons. The van der Waals surface area contributed by atoms with E-state index < -0.39 is 11.9 Å². The number of nitrogens with zero attached hydrogens (tertiary/aromatic N) is 2. The smallest absolute Gasteiger partial charge is 0.310 e. The molecule has 1 heterocycles. The third-order valence-electron chi connectivity index (χ3n) is 2.79. The van der Waals surface area contributed by atoms with Crippen LogP contribution in [-0.4, -0.2) is 26.3 Å². The number of aromatic nitrogens is 3. The summed E-state index contributed by atoms with van der Waals surface area (Å²) < 4.78 is 0. The number of carboxylic acid groups (broad SMARTS) is 1. The number of nitrogens with one attached hydrogen (secondary N) is 1. The van der Waals surface area contributed by atoms with E-state index in [4.69, 9.17) is 5.11 Å². The van der Waals surface area contributed by atoms with Crippen molar-refractivity contribution < 1.29 is 9.90 Å². The average Bonchev–Trinajstić information content (AvgIpc) is 2.82. The van der Waals surface area contributed by atoms with Gasteiger partial charge in [-0.15, -0.1) is 5.10 Å². The second kappa shape index (κ2) is 5.88. The van der Waals surface area contributed by atoms with Gasteiger partial charge in [0.05, 0.1) is 5.92 Å². The monoisotopic (exact) mass is 277 g/mol. The Morgan fingerprint density at radius 1 is 1.42 bits per heavy atom. The van der Waals surface area contributed by atoms with Gasteiger partial charge in [-0.3, -0.25) is 9.89 Å². The number of hydrogen-bond acceptors (Lipinski definition) is 4. The molecule has 0 fully saturated rings. The summed E-state index contributed by atoms with van der Waals surface area (Å²) in [4.78, 5) is 15.1. The summed E-state index contributed by atoms with van der Waals surface area (Å²) in [6.07, 6.45) is 0. The zero-order chi connectivity index (χ0) is 13.8. The number of carboxylic acids is 1. The predicted molar refractivity (Wildman–Crippen MR) is 73.2 cm³/mol. The highest BCUT2D eigenvalue weighted by Gasteiger charge is 2.13. The number of aryl methyl sites for hydroxylation is 1. The number of thioether (sulfide) groups is 1. The predicted octanol–water partition coefficient (Wildman–Crippen LogP) is 2.59. The van der Waals surface area contributed by atoms with Gasteiger partial charge in [-0.25, -0.2) is 4.98 Å². The van der Waals surface area contributed by atoms with Crippen molar-refractivity contribution in [2.75, 3.05) is 0 Å². The Morgan fingerprint density at radius 3 is 2.63 bits per heavy atom. The molecule has 6 heteroatoms. The van der Waals surface area contributed by atoms with Gasteiger partial charge >= 0.3 is 5.97 Å². The van der Waals surface area contributed by atoms with E-state index in [2.05, 4.69) is 15.2 Å². The van der Waals surface area contributed by atoms with Crippen molar-refractivity contribution in [3.8, 4) is 0 Å². The molecular weight excluding hydrogens is 262 g/mol. The van der Waals surface area contributed by atoms with Crippen molar-refractivity contribution >= 4 is 17.7 Å². The quantitative estimate of drug-likeness (QED) is 0.821. The fourth-order valence-corrected chi connectivity index (χ4v) is 2.38. The minimum atomic E-state index is -0.807. The van der Waals surface area contributed by atoms with Gasteiger partial charge in [0.25, 0.3) is 0 Å². The first-order chi connectivity index (χ1) is 9.06. The molecule has 0 saturated carbocycles. The molecule has 1 atom stereocenters. The van der Waals surface area contributed by atoms with Crippen LogP contribution in [0.25, 0.3) is 0 Å². The minimum absolute atomic E-state index is 0.475. The van der Waals surface area contributed by atoms with Crippen molar-refractivity contribution in [1.82, 2.24) is 15.2 Å². The third-order valence-corrected chi connectivity index (χ3v) is 3.71. The van der Waals surface area contributed by atoms with Gasteiger partial charge in [0, 0.05) is 5.75 Å². The molecule has 0 aliphatic carbocycles. The molecule has 0 aliphatic rings. The molecule has 0 radical (unpaired) electrons. The van der Waals surface area contributed by atoms with Crippen LogP contribution < -0.4 is 0 Å². The second-order valence-corrected chi connectivity index (χ2v) is 5.24.